The summed E-state index contributed by atoms with van der Waals surface area (Å²) < 4.78 is 8.60. The van der Waals surface area contributed by atoms with Crippen LogP contribution in [0.1, 0.15) is 86.7 Å². The summed E-state index contributed by atoms with van der Waals surface area (Å²) in [5.74, 6) is 0.0141. The minimum atomic E-state index is -0.537. The van der Waals surface area contributed by atoms with Crippen LogP contribution in [0.25, 0.3) is 0 Å². The minimum absolute atomic E-state index is 0.00128. The summed E-state index contributed by atoms with van der Waals surface area (Å²) in [6.45, 7) is 10.9. The maximum atomic E-state index is 13.7. The van der Waals surface area contributed by atoms with Gasteiger partial charge in [-0.3, -0.25) is 4.79 Å². The van der Waals surface area contributed by atoms with Gasteiger partial charge in [0.1, 0.15) is 5.60 Å². The Morgan fingerprint density at radius 3 is 2.32 bits per heavy atom. The van der Waals surface area contributed by atoms with Crippen molar-refractivity contribution in [2.75, 3.05) is 13.1 Å². The fourth-order valence-corrected chi connectivity index (χ4v) is 5.79. The molecule has 0 N–H and O–H groups in total. The largest absolute Gasteiger partial charge is 0.444 e. The standard InChI is InChI=1S/C26H31BrN4O3/c1-16(2)30-21(27)14-20-23(30)22(18-8-6-17(15-28)7-9-18)31(24(20)32)19-10-12-29(13-11-19)25(33)34-26(3,4)5/h6-9,14,16,19,22H,10-13H2,1-5H3. The Kier molecular flexibility index (Phi) is 6.52. The van der Waals surface area contributed by atoms with Gasteiger partial charge in [-0.25, -0.2) is 4.79 Å². The normalized spacial score (nSPS) is 18.9. The first-order chi connectivity index (χ1) is 16.0. The second-order valence-corrected chi connectivity index (χ2v) is 11.1. The van der Waals surface area contributed by atoms with Crippen molar-refractivity contribution in [1.29, 1.82) is 5.26 Å². The molecule has 34 heavy (non-hydrogen) atoms. The predicted molar refractivity (Wildman–Crippen MR) is 133 cm³/mol. The molecule has 1 saturated heterocycles. The number of ether oxygens (including phenoxy) is 1. The number of hydrogen-bond donors (Lipinski definition) is 0. The maximum Gasteiger partial charge on any atom is 0.410 e. The third-order valence-electron chi connectivity index (χ3n) is 6.41. The summed E-state index contributed by atoms with van der Waals surface area (Å²) in [4.78, 5) is 30.0. The quantitative estimate of drug-likeness (QED) is 0.517. The van der Waals surface area contributed by atoms with Crippen LogP contribution in [0.4, 0.5) is 4.79 Å². The summed E-state index contributed by atoms with van der Waals surface area (Å²) >= 11 is 3.65. The van der Waals surface area contributed by atoms with Crippen LogP contribution < -0.4 is 0 Å². The van der Waals surface area contributed by atoms with Crippen LogP contribution in [-0.2, 0) is 4.74 Å². The lowest BCUT2D eigenvalue weighted by molar-refractivity contribution is 0.0135. The number of nitriles is 1. The maximum absolute atomic E-state index is 13.7. The fraction of sp³-hybridized carbons (Fsp3) is 0.500. The van der Waals surface area contributed by atoms with Crippen LogP contribution >= 0.6 is 15.9 Å². The number of carbonyl (C=O) groups is 2. The van der Waals surface area contributed by atoms with E-state index in [4.69, 9.17) is 4.74 Å². The Morgan fingerprint density at radius 2 is 1.79 bits per heavy atom. The number of carbonyl (C=O) groups excluding carboxylic acids is 2. The van der Waals surface area contributed by atoms with E-state index in [0.717, 1.165) is 15.9 Å². The summed E-state index contributed by atoms with van der Waals surface area (Å²) in [6.07, 6.45) is 1.07. The van der Waals surface area contributed by atoms with Crippen molar-refractivity contribution in [3.63, 3.8) is 0 Å². The van der Waals surface area contributed by atoms with Gasteiger partial charge < -0.3 is 19.1 Å². The molecular weight excluding hydrogens is 496 g/mol. The van der Waals surface area contributed by atoms with Gasteiger partial charge in [-0.05, 0) is 87.2 Å². The number of likely N-dealkylation sites (tertiary alicyclic amines) is 1. The van der Waals surface area contributed by atoms with Crippen LogP contribution in [-0.4, -0.2) is 51.1 Å². The first-order valence-corrected chi connectivity index (χ1v) is 12.5. The summed E-state index contributed by atoms with van der Waals surface area (Å²) in [6, 6.07) is 11.5. The first-order valence-electron chi connectivity index (χ1n) is 11.7. The van der Waals surface area contributed by atoms with Crippen molar-refractivity contribution < 1.29 is 14.3 Å². The van der Waals surface area contributed by atoms with E-state index in [9.17, 15) is 14.9 Å². The van der Waals surface area contributed by atoms with E-state index >= 15 is 0 Å². The molecule has 0 spiro atoms. The number of halogens is 1. The SMILES string of the molecule is CC(C)n1c(Br)cc2c1C(c1ccc(C#N)cc1)N(C1CCN(C(=O)OC(C)(C)C)CC1)C2=O. The number of piperidine rings is 1. The molecular formula is C26H31BrN4O3. The van der Waals surface area contributed by atoms with Crippen LogP contribution in [0.5, 0.6) is 0 Å². The third-order valence-corrected chi connectivity index (χ3v) is 7.02. The number of nitrogens with zero attached hydrogens (tertiary/aromatic N) is 4. The molecule has 0 aliphatic carbocycles. The number of hydrogen-bond acceptors (Lipinski definition) is 4. The van der Waals surface area contributed by atoms with Crippen LogP contribution in [0, 0.1) is 11.3 Å². The molecule has 1 aromatic heterocycles. The van der Waals surface area contributed by atoms with Gasteiger partial charge in [-0.1, -0.05) is 12.1 Å². The van der Waals surface area contributed by atoms with Gasteiger partial charge in [0.2, 0.25) is 0 Å². The van der Waals surface area contributed by atoms with Gasteiger partial charge in [-0.15, -0.1) is 0 Å². The van der Waals surface area contributed by atoms with Crippen molar-refractivity contribution in [2.24, 2.45) is 0 Å². The molecule has 7 nitrogen and oxygen atoms in total. The van der Waals surface area contributed by atoms with E-state index in [2.05, 4.69) is 40.4 Å². The highest BCUT2D eigenvalue weighted by atomic mass is 79.9. The molecule has 180 valence electrons. The molecule has 1 unspecified atom stereocenters. The summed E-state index contributed by atoms with van der Waals surface area (Å²) in [7, 11) is 0. The van der Waals surface area contributed by atoms with Crippen molar-refractivity contribution in [3.8, 4) is 6.07 Å². The number of amides is 2. The van der Waals surface area contributed by atoms with Crippen molar-refractivity contribution in [3.05, 3.63) is 57.3 Å². The number of benzene rings is 1. The Morgan fingerprint density at radius 1 is 1.18 bits per heavy atom. The van der Waals surface area contributed by atoms with Gasteiger partial charge in [0, 0.05) is 25.2 Å². The lowest BCUT2D eigenvalue weighted by atomic mass is 9.97. The van der Waals surface area contributed by atoms with Gasteiger partial charge in [-0.2, -0.15) is 5.26 Å². The van der Waals surface area contributed by atoms with Crippen LogP contribution in [0.3, 0.4) is 0 Å². The van der Waals surface area contributed by atoms with Crippen molar-refractivity contribution in [2.45, 2.75) is 71.2 Å². The van der Waals surface area contributed by atoms with E-state index in [-0.39, 0.29) is 30.1 Å². The topological polar surface area (TPSA) is 78.6 Å². The van der Waals surface area contributed by atoms with E-state index in [0.29, 0.717) is 37.1 Å². The van der Waals surface area contributed by atoms with Gasteiger partial charge >= 0.3 is 6.09 Å². The number of rotatable bonds is 3. The average Bonchev–Trinajstić information content (AvgIpc) is 3.25. The van der Waals surface area contributed by atoms with E-state index in [1.807, 2.05) is 43.9 Å². The van der Waals surface area contributed by atoms with Crippen molar-refractivity contribution in [1.82, 2.24) is 14.4 Å². The Hall–Kier alpha value is -2.79. The minimum Gasteiger partial charge on any atom is -0.444 e. The Balaban J connectivity index is 1.66. The van der Waals surface area contributed by atoms with E-state index in [1.54, 1.807) is 17.0 Å². The summed E-state index contributed by atoms with van der Waals surface area (Å²) in [5.41, 5.74) is 2.72. The predicted octanol–water partition coefficient (Wildman–Crippen LogP) is 5.65. The number of aromatic nitrogens is 1. The van der Waals surface area contributed by atoms with Crippen LogP contribution in [0.15, 0.2) is 34.9 Å². The highest BCUT2D eigenvalue weighted by Crippen LogP contribution is 2.45. The van der Waals surface area contributed by atoms with E-state index in [1.165, 1.54) is 0 Å². The first kappa shape index (κ1) is 24.3. The second-order valence-electron chi connectivity index (χ2n) is 10.3. The molecule has 1 fully saturated rings. The average molecular weight is 527 g/mol. The molecule has 1 aromatic carbocycles. The van der Waals surface area contributed by atoms with Crippen molar-refractivity contribution >= 4 is 27.9 Å². The molecule has 0 bridgehead atoms. The molecule has 1 atom stereocenters. The second kappa shape index (κ2) is 9.10. The molecule has 0 radical (unpaired) electrons. The van der Waals surface area contributed by atoms with Gasteiger partial charge in [0.05, 0.1) is 33.5 Å². The Labute approximate surface area is 209 Å². The highest BCUT2D eigenvalue weighted by molar-refractivity contribution is 9.10. The zero-order valence-electron chi connectivity index (χ0n) is 20.3. The third kappa shape index (κ3) is 4.46. The van der Waals surface area contributed by atoms with Gasteiger partial charge in [0.15, 0.2) is 0 Å². The molecule has 2 aliphatic rings. The monoisotopic (exact) mass is 526 g/mol. The molecule has 2 aromatic rings. The highest BCUT2D eigenvalue weighted by Gasteiger charge is 2.46. The van der Waals surface area contributed by atoms with Gasteiger partial charge in [0.25, 0.3) is 5.91 Å². The van der Waals surface area contributed by atoms with E-state index < -0.39 is 5.60 Å². The lowest BCUT2D eigenvalue weighted by Crippen LogP contribution is -2.49. The smallest absolute Gasteiger partial charge is 0.410 e. The fourth-order valence-electron chi connectivity index (χ4n) is 4.96. The zero-order chi connectivity index (χ0) is 24.8. The molecule has 2 amide bonds. The number of fused-ring (bicyclic) bond motifs is 1. The zero-order valence-corrected chi connectivity index (χ0v) is 21.9. The molecule has 2 aliphatic heterocycles. The molecule has 0 saturated carbocycles. The summed E-state index contributed by atoms with van der Waals surface area (Å²) in [5, 5.41) is 9.24. The molecule has 3 heterocycles. The molecule has 8 heteroatoms. The molecule has 4 rings (SSSR count). The Bertz CT molecular complexity index is 1130. The van der Waals surface area contributed by atoms with Crippen LogP contribution in [0.2, 0.25) is 0 Å². The lowest BCUT2D eigenvalue weighted by Gasteiger charge is -2.40.